The molecule has 0 aliphatic carbocycles. The van der Waals surface area contributed by atoms with Crippen molar-refractivity contribution in [2.24, 2.45) is 5.92 Å². The average Bonchev–Trinajstić information content (AvgIpc) is 2.83. The Kier molecular flexibility index (Phi) is 4.80. The first-order valence-corrected chi connectivity index (χ1v) is 6.99. The molecule has 0 spiro atoms. The lowest BCUT2D eigenvalue weighted by atomic mass is 10.1. The molecule has 1 amide bonds. The van der Waals surface area contributed by atoms with E-state index in [2.05, 4.69) is 29.5 Å². The third kappa shape index (κ3) is 3.96. The maximum absolute atomic E-state index is 12.0. The van der Waals surface area contributed by atoms with Gasteiger partial charge in [-0.15, -0.1) is 0 Å². The minimum absolute atomic E-state index is 0.0256. The van der Waals surface area contributed by atoms with Gasteiger partial charge in [0.15, 0.2) is 0 Å². The standard InChI is InChI=1S/C15H23N3O/c1-3-16-14-6-4-13(5-7-14)15(19)17-10-12-8-9-18(2)11-12/h4-7,12,16H,3,8-11H2,1-2H3,(H,17,19). The molecule has 2 rings (SSSR count). The summed E-state index contributed by atoms with van der Waals surface area (Å²) in [5.41, 5.74) is 1.78. The minimum Gasteiger partial charge on any atom is -0.385 e. The number of nitrogens with zero attached hydrogens (tertiary/aromatic N) is 1. The second kappa shape index (κ2) is 6.57. The summed E-state index contributed by atoms with van der Waals surface area (Å²) >= 11 is 0. The van der Waals surface area contributed by atoms with Crippen molar-refractivity contribution in [1.82, 2.24) is 10.2 Å². The maximum Gasteiger partial charge on any atom is 0.251 e. The lowest BCUT2D eigenvalue weighted by Crippen LogP contribution is -2.30. The fourth-order valence-corrected chi connectivity index (χ4v) is 2.48. The highest BCUT2D eigenvalue weighted by atomic mass is 16.1. The van der Waals surface area contributed by atoms with Crippen LogP contribution in [0.25, 0.3) is 0 Å². The number of hydrogen-bond donors (Lipinski definition) is 2. The molecule has 4 nitrogen and oxygen atoms in total. The van der Waals surface area contributed by atoms with Crippen LogP contribution in [0.15, 0.2) is 24.3 Å². The predicted octanol–water partition coefficient (Wildman–Crippen LogP) is 1.80. The molecule has 2 N–H and O–H groups in total. The van der Waals surface area contributed by atoms with Crippen molar-refractivity contribution in [2.45, 2.75) is 13.3 Å². The van der Waals surface area contributed by atoms with Crippen LogP contribution in [0.5, 0.6) is 0 Å². The molecule has 1 aromatic rings. The minimum atomic E-state index is 0.0256. The van der Waals surface area contributed by atoms with E-state index in [-0.39, 0.29) is 5.91 Å². The third-order valence-corrected chi connectivity index (χ3v) is 3.57. The number of hydrogen-bond acceptors (Lipinski definition) is 3. The van der Waals surface area contributed by atoms with E-state index in [1.165, 1.54) is 6.42 Å². The van der Waals surface area contributed by atoms with Gasteiger partial charge in [-0.1, -0.05) is 0 Å². The van der Waals surface area contributed by atoms with Crippen LogP contribution in [-0.4, -0.2) is 44.0 Å². The smallest absolute Gasteiger partial charge is 0.251 e. The summed E-state index contributed by atoms with van der Waals surface area (Å²) in [5.74, 6) is 0.618. The number of amides is 1. The summed E-state index contributed by atoms with van der Waals surface area (Å²) < 4.78 is 0. The highest BCUT2D eigenvalue weighted by Crippen LogP contribution is 2.13. The number of carbonyl (C=O) groups excluding carboxylic acids is 1. The molecular weight excluding hydrogens is 238 g/mol. The molecule has 1 aromatic carbocycles. The zero-order chi connectivity index (χ0) is 13.7. The summed E-state index contributed by atoms with van der Waals surface area (Å²) in [6, 6.07) is 7.63. The Balaban J connectivity index is 1.82. The molecule has 0 radical (unpaired) electrons. The van der Waals surface area contributed by atoms with Gasteiger partial charge >= 0.3 is 0 Å². The molecule has 0 bridgehead atoms. The molecule has 0 saturated carbocycles. The molecule has 1 atom stereocenters. The Bertz CT molecular complexity index is 416. The number of rotatable bonds is 5. The Labute approximate surface area is 115 Å². The van der Waals surface area contributed by atoms with Crippen LogP contribution < -0.4 is 10.6 Å². The van der Waals surface area contributed by atoms with Gasteiger partial charge in [-0.2, -0.15) is 0 Å². The number of carbonyl (C=O) groups is 1. The highest BCUT2D eigenvalue weighted by molar-refractivity contribution is 5.94. The van der Waals surface area contributed by atoms with Crippen LogP contribution in [0.1, 0.15) is 23.7 Å². The van der Waals surface area contributed by atoms with Gasteiger partial charge in [0.25, 0.3) is 5.91 Å². The van der Waals surface area contributed by atoms with Gasteiger partial charge in [0.05, 0.1) is 0 Å². The van der Waals surface area contributed by atoms with E-state index in [0.29, 0.717) is 5.92 Å². The first kappa shape index (κ1) is 13.9. The monoisotopic (exact) mass is 261 g/mol. The van der Waals surface area contributed by atoms with Crippen LogP contribution in [-0.2, 0) is 0 Å². The lowest BCUT2D eigenvalue weighted by Gasteiger charge is -2.12. The van der Waals surface area contributed by atoms with Crippen LogP contribution in [0.2, 0.25) is 0 Å². The van der Waals surface area contributed by atoms with Crippen molar-refractivity contribution in [3.05, 3.63) is 29.8 Å². The first-order chi connectivity index (χ1) is 9.19. The molecule has 104 valence electrons. The molecule has 1 aliphatic rings. The van der Waals surface area contributed by atoms with E-state index >= 15 is 0 Å². The molecule has 1 fully saturated rings. The number of nitrogens with one attached hydrogen (secondary N) is 2. The van der Waals surface area contributed by atoms with Crippen LogP contribution >= 0.6 is 0 Å². The third-order valence-electron chi connectivity index (χ3n) is 3.57. The molecule has 4 heteroatoms. The fourth-order valence-electron chi connectivity index (χ4n) is 2.48. The second-order valence-electron chi connectivity index (χ2n) is 5.23. The van der Waals surface area contributed by atoms with Gasteiger partial charge in [-0.25, -0.2) is 0 Å². The van der Waals surface area contributed by atoms with E-state index in [1.54, 1.807) is 0 Å². The summed E-state index contributed by atoms with van der Waals surface area (Å²) in [4.78, 5) is 14.3. The molecule has 0 aromatic heterocycles. The van der Waals surface area contributed by atoms with Gasteiger partial charge in [-0.05, 0) is 57.1 Å². The van der Waals surface area contributed by atoms with Crippen LogP contribution in [0.4, 0.5) is 5.69 Å². The largest absolute Gasteiger partial charge is 0.385 e. The van der Waals surface area contributed by atoms with Crippen LogP contribution in [0, 0.1) is 5.92 Å². The van der Waals surface area contributed by atoms with Gasteiger partial charge < -0.3 is 15.5 Å². The Morgan fingerprint density at radius 1 is 1.37 bits per heavy atom. The average molecular weight is 261 g/mol. The Hall–Kier alpha value is -1.55. The van der Waals surface area contributed by atoms with Gasteiger partial charge in [0.2, 0.25) is 0 Å². The quantitative estimate of drug-likeness (QED) is 0.849. The van der Waals surface area contributed by atoms with Crippen molar-refractivity contribution in [2.75, 3.05) is 38.5 Å². The number of anilines is 1. The molecule has 1 heterocycles. The van der Waals surface area contributed by atoms with Crippen molar-refractivity contribution in [1.29, 1.82) is 0 Å². The zero-order valence-corrected chi connectivity index (χ0v) is 11.8. The summed E-state index contributed by atoms with van der Waals surface area (Å²) in [6.45, 7) is 5.94. The normalized spacial score (nSPS) is 19.4. The fraction of sp³-hybridized carbons (Fsp3) is 0.533. The van der Waals surface area contributed by atoms with E-state index in [0.717, 1.165) is 37.4 Å². The Morgan fingerprint density at radius 3 is 2.68 bits per heavy atom. The van der Waals surface area contributed by atoms with Crippen molar-refractivity contribution >= 4 is 11.6 Å². The molecule has 1 unspecified atom stereocenters. The highest BCUT2D eigenvalue weighted by Gasteiger charge is 2.19. The van der Waals surface area contributed by atoms with E-state index in [9.17, 15) is 4.79 Å². The summed E-state index contributed by atoms with van der Waals surface area (Å²) in [7, 11) is 2.13. The SMILES string of the molecule is CCNc1ccc(C(=O)NCC2CCN(C)C2)cc1. The van der Waals surface area contributed by atoms with Gasteiger partial charge in [-0.3, -0.25) is 4.79 Å². The summed E-state index contributed by atoms with van der Waals surface area (Å²) in [6.07, 6.45) is 1.18. The van der Waals surface area contributed by atoms with E-state index in [1.807, 2.05) is 24.3 Å². The predicted molar refractivity (Wildman–Crippen MR) is 78.5 cm³/mol. The van der Waals surface area contributed by atoms with E-state index < -0.39 is 0 Å². The second-order valence-corrected chi connectivity index (χ2v) is 5.23. The van der Waals surface area contributed by atoms with Crippen molar-refractivity contribution in [3.8, 4) is 0 Å². The lowest BCUT2D eigenvalue weighted by molar-refractivity contribution is 0.0947. The zero-order valence-electron chi connectivity index (χ0n) is 11.8. The summed E-state index contributed by atoms with van der Waals surface area (Å²) in [5, 5.41) is 6.24. The maximum atomic E-state index is 12.0. The first-order valence-electron chi connectivity index (χ1n) is 6.99. The van der Waals surface area contributed by atoms with Crippen LogP contribution in [0.3, 0.4) is 0 Å². The molecular formula is C15H23N3O. The van der Waals surface area contributed by atoms with Crippen molar-refractivity contribution < 1.29 is 4.79 Å². The topological polar surface area (TPSA) is 44.4 Å². The molecule has 1 saturated heterocycles. The Morgan fingerprint density at radius 2 is 2.11 bits per heavy atom. The van der Waals surface area contributed by atoms with Crippen molar-refractivity contribution in [3.63, 3.8) is 0 Å². The van der Waals surface area contributed by atoms with E-state index in [4.69, 9.17) is 0 Å². The number of likely N-dealkylation sites (tertiary alicyclic amines) is 1. The number of benzene rings is 1. The van der Waals surface area contributed by atoms with Gasteiger partial charge in [0, 0.05) is 30.9 Å². The van der Waals surface area contributed by atoms with Gasteiger partial charge in [0.1, 0.15) is 0 Å². The molecule has 1 aliphatic heterocycles. The molecule has 19 heavy (non-hydrogen) atoms.